The molecule has 6 heteroatoms. The Bertz CT molecular complexity index is 1010. The first-order chi connectivity index (χ1) is 32.3. The Hall–Kier alpha value is -1.59. The lowest BCUT2D eigenvalue weighted by Gasteiger charge is -2.18. The van der Waals surface area contributed by atoms with Gasteiger partial charge in [-0.25, -0.2) is 0 Å². The van der Waals surface area contributed by atoms with Crippen LogP contribution in [0.1, 0.15) is 336 Å². The summed E-state index contributed by atoms with van der Waals surface area (Å²) in [6.45, 7) is 11.5. The largest absolute Gasteiger partial charge is 0.462 e. The molecule has 0 heterocycles. The van der Waals surface area contributed by atoms with Gasteiger partial charge >= 0.3 is 17.9 Å². The van der Waals surface area contributed by atoms with Crippen molar-refractivity contribution < 1.29 is 28.6 Å². The summed E-state index contributed by atoms with van der Waals surface area (Å²) in [6.07, 6.45) is 56.6. The van der Waals surface area contributed by atoms with E-state index < -0.39 is 6.10 Å². The fourth-order valence-electron chi connectivity index (χ4n) is 9.20. The summed E-state index contributed by atoms with van der Waals surface area (Å²) < 4.78 is 16.9. The third-order valence-electron chi connectivity index (χ3n) is 14.1. The predicted octanol–water partition coefficient (Wildman–Crippen LogP) is 19.7. The van der Waals surface area contributed by atoms with Gasteiger partial charge in [0.25, 0.3) is 0 Å². The molecule has 6 nitrogen and oxygen atoms in total. The van der Waals surface area contributed by atoms with Crippen LogP contribution in [0.15, 0.2) is 0 Å². The summed E-state index contributed by atoms with van der Waals surface area (Å²) in [7, 11) is 0. The molecule has 2 atom stereocenters. The molecule has 0 amide bonds. The Kier molecular flexibility index (Phi) is 51.5. The van der Waals surface area contributed by atoms with Gasteiger partial charge < -0.3 is 14.2 Å². The first kappa shape index (κ1) is 64.4. The fourth-order valence-corrected chi connectivity index (χ4v) is 9.20. The topological polar surface area (TPSA) is 78.9 Å². The van der Waals surface area contributed by atoms with E-state index in [1.807, 2.05) is 0 Å². The minimum Gasteiger partial charge on any atom is -0.462 e. The van der Waals surface area contributed by atoms with E-state index in [0.717, 1.165) is 69.6 Å². The van der Waals surface area contributed by atoms with Crippen molar-refractivity contribution in [3.05, 3.63) is 0 Å². The van der Waals surface area contributed by atoms with E-state index in [-0.39, 0.29) is 31.1 Å². The van der Waals surface area contributed by atoms with E-state index in [4.69, 9.17) is 14.2 Å². The van der Waals surface area contributed by atoms with Gasteiger partial charge in [-0.2, -0.15) is 0 Å². The molecule has 392 valence electrons. The maximum Gasteiger partial charge on any atom is 0.306 e. The lowest BCUT2D eigenvalue weighted by Crippen LogP contribution is -2.30. The summed E-state index contributed by atoms with van der Waals surface area (Å²) in [5, 5.41) is 0. The lowest BCUT2D eigenvalue weighted by molar-refractivity contribution is -0.167. The molecule has 0 radical (unpaired) electrons. The van der Waals surface area contributed by atoms with Crippen molar-refractivity contribution in [3.63, 3.8) is 0 Å². The molecule has 0 bridgehead atoms. The number of rotatable bonds is 54. The van der Waals surface area contributed by atoms with Gasteiger partial charge in [0.05, 0.1) is 0 Å². The van der Waals surface area contributed by atoms with E-state index in [2.05, 4.69) is 34.6 Å². The van der Waals surface area contributed by atoms with Crippen LogP contribution in [0.3, 0.4) is 0 Å². The molecule has 0 aromatic rings. The normalized spacial score (nSPS) is 12.5. The van der Waals surface area contributed by atoms with Crippen LogP contribution in [0.4, 0.5) is 0 Å². The maximum atomic E-state index is 12.8. The summed E-state index contributed by atoms with van der Waals surface area (Å²) in [6, 6.07) is 0. The number of hydrogen-bond donors (Lipinski definition) is 0. The molecule has 0 aromatic carbocycles. The second-order valence-electron chi connectivity index (χ2n) is 21.4. The molecule has 1 unspecified atom stereocenters. The van der Waals surface area contributed by atoms with Gasteiger partial charge in [0.1, 0.15) is 13.2 Å². The van der Waals surface area contributed by atoms with Crippen molar-refractivity contribution >= 4 is 17.9 Å². The third kappa shape index (κ3) is 51.8. The van der Waals surface area contributed by atoms with Gasteiger partial charge in [0.15, 0.2) is 6.10 Å². The van der Waals surface area contributed by atoms with Crippen LogP contribution in [-0.4, -0.2) is 37.2 Å². The van der Waals surface area contributed by atoms with Crippen molar-refractivity contribution in [3.8, 4) is 0 Å². The van der Waals surface area contributed by atoms with Gasteiger partial charge in [-0.05, 0) is 31.1 Å². The van der Waals surface area contributed by atoms with Crippen molar-refractivity contribution in [2.75, 3.05) is 13.2 Å². The maximum absolute atomic E-state index is 12.8. The van der Waals surface area contributed by atoms with E-state index in [1.54, 1.807) is 0 Å². The van der Waals surface area contributed by atoms with Crippen LogP contribution in [0.25, 0.3) is 0 Å². The quantitative estimate of drug-likeness (QED) is 0.0343. The molecule has 0 N–H and O–H groups in total. The van der Waals surface area contributed by atoms with Crippen molar-refractivity contribution in [2.24, 2.45) is 11.8 Å². The molecule has 0 aliphatic rings. The Labute approximate surface area is 412 Å². The van der Waals surface area contributed by atoms with E-state index in [0.29, 0.717) is 19.3 Å². The highest BCUT2D eigenvalue weighted by Gasteiger charge is 2.19. The van der Waals surface area contributed by atoms with Gasteiger partial charge in [0, 0.05) is 19.3 Å². The van der Waals surface area contributed by atoms with Crippen LogP contribution in [0.2, 0.25) is 0 Å². The highest BCUT2D eigenvalue weighted by atomic mass is 16.6. The minimum absolute atomic E-state index is 0.0625. The van der Waals surface area contributed by atoms with E-state index >= 15 is 0 Å². The molecule has 0 saturated heterocycles. The van der Waals surface area contributed by atoms with Gasteiger partial charge in [-0.1, -0.05) is 298 Å². The number of unbranched alkanes of at least 4 members (excludes halogenated alkanes) is 38. The molecule has 0 aromatic heterocycles. The second kappa shape index (κ2) is 52.8. The fraction of sp³-hybridized carbons (Fsp3) is 0.950. The molecular weight excluding hydrogens is 817 g/mol. The van der Waals surface area contributed by atoms with Gasteiger partial charge in [-0.3, -0.25) is 14.4 Å². The number of carbonyl (C=O) groups is 3. The molecule has 0 aliphatic carbocycles. The highest BCUT2D eigenvalue weighted by molar-refractivity contribution is 5.71. The molecule has 0 rings (SSSR count). The second-order valence-corrected chi connectivity index (χ2v) is 21.4. The number of carbonyl (C=O) groups excluding carboxylic acids is 3. The Morgan fingerprint density at radius 3 is 0.864 bits per heavy atom. The first-order valence-corrected chi connectivity index (χ1v) is 29.8. The summed E-state index contributed by atoms with van der Waals surface area (Å²) in [5.41, 5.74) is 0. The number of esters is 3. The van der Waals surface area contributed by atoms with Gasteiger partial charge in [0.2, 0.25) is 0 Å². The van der Waals surface area contributed by atoms with E-state index in [9.17, 15) is 14.4 Å². The minimum atomic E-state index is -0.762. The van der Waals surface area contributed by atoms with Crippen molar-refractivity contribution in [1.82, 2.24) is 0 Å². The lowest BCUT2D eigenvalue weighted by atomic mass is 9.99. The average Bonchev–Trinajstić information content (AvgIpc) is 3.30. The molecule has 0 aliphatic heterocycles. The number of hydrogen-bond acceptors (Lipinski definition) is 6. The summed E-state index contributed by atoms with van der Waals surface area (Å²) in [4.78, 5) is 38.1. The van der Waals surface area contributed by atoms with Crippen LogP contribution >= 0.6 is 0 Å². The van der Waals surface area contributed by atoms with Crippen LogP contribution < -0.4 is 0 Å². The van der Waals surface area contributed by atoms with Crippen LogP contribution in [-0.2, 0) is 28.6 Å². The molecular formula is C60H116O6. The zero-order valence-electron chi connectivity index (χ0n) is 45.3. The number of ether oxygens (including phenoxy) is 3. The standard InChI is InChI=1S/C60H116O6/c1-6-8-9-10-11-12-13-20-25-32-37-42-47-52-60(63)66-57(54-65-59(62)51-46-41-36-31-27-26-29-34-39-44-49-56(5)7-2)53-64-58(61)50-45-40-35-30-24-22-19-17-15-14-16-18-21-23-28-33-38-43-48-55(3)4/h55-57H,6-54H2,1-5H3/t56?,57-/m0/s1. The zero-order valence-corrected chi connectivity index (χ0v) is 45.3. The van der Waals surface area contributed by atoms with Crippen molar-refractivity contribution in [1.29, 1.82) is 0 Å². The SMILES string of the molecule is CCCCCCCCCCCCCCCC(=O)O[C@@H](COC(=O)CCCCCCCCCCCCCCCCCCCCC(C)C)COC(=O)CCCCCCCCCCCCC(C)CC. The van der Waals surface area contributed by atoms with E-state index in [1.165, 1.54) is 225 Å². The monoisotopic (exact) mass is 933 g/mol. The highest BCUT2D eigenvalue weighted by Crippen LogP contribution is 2.19. The average molecular weight is 934 g/mol. The smallest absolute Gasteiger partial charge is 0.306 e. The van der Waals surface area contributed by atoms with Crippen LogP contribution in [0.5, 0.6) is 0 Å². The first-order valence-electron chi connectivity index (χ1n) is 29.8. The zero-order chi connectivity index (χ0) is 48.2. The molecule has 0 saturated carbocycles. The van der Waals surface area contributed by atoms with Gasteiger partial charge in [-0.15, -0.1) is 0 Å². The summed E-state index contributed by atoms with van der Waals surface area (Å²) >= 11 is 0. The van der Waals surface area contributed by atoms with Crippen LogP contribution in [0, 0.1) is 11.8 Å². The molecule has 66 heavy (non-hydrogen) atoms. The summed E-state index contributed by atoms with van der Waals surface area (Å²) in [5.74, 6) is 0.891. The Morgan fingerprint density at radius 1 is 0.318 bits per heavy atom. The predicted molar refractivity (Wildman–Crippen MR) is 284 cm³/mol. The molecule has 0 spiro atoms. The third-order valence-corrected chi connectivity index (χ3v) is 14.1. The Morgan fingerprint density at radius 2 is 0.576 bits per heavy atom. The Balaban J connectivity index is 4.24. The molecule has 0 fully saturated rings. The van der Waals surface area contributed by atoms with Crippen molar-refractivity contribution in [2.45, 2.75) is 343 Å².